The van der Waals surface area contributed by atoms with Crippen LogP contribution in [0.15, 0.2) is 34.9 Å². The molecule has 0 aliphatic carbocycles. The summed E-state index contributed by atoms with van der Waals surface area (Å²) in [5.74, 6) is -0.0635. The van der Waals surface area contributed by atoms with Crippen LogP contribution in [0.2, 0.25) is 0 Å². The van der Waals surface area contributed by atoms with Crippen molar-refractivity contribution in [3.8, 4) is 6.07 Å². The summed E-state index contributed by atoms with van der Waals surface area (Å²) in [6.45, 7) is 0.579. The van der Waals surface area contributed by atoms with E-state index in [1.54, 1.807) is 36.2 Å². The Morgan fingerprint density at radius 2 is 2.09 bits per heavy atom. The molecule has 0 saturated heterocycles. The predicted octanol–water partition coefficient (Wildman–Crippen LogP) is 2.03. The monoisotopic (exact) mass is 295 g/mol. The summed E-state index contributed by atoms with van der Waals surface area (Å²) in [5.41, 5.74) is 1.63. The van der Waals surface area contributed by atoms with E-state index in [2.05, 4.69) is 5.32 Å². The largest absolute Gasteiger partial charge is 0.468 e. The van der Waals surface area contributed by atoms with Crippen LogP contribution in [0, 0.1) is 11.3 Å². The lowest BCUT2D eigenvalue weighted by atomic mass is 10.0. The van der Waals surface area contributed by atoms with Crippen molar-refractivity contribution in [2.75, 3.05) is 18.9 Å². The fourth-order valence-corrected chi connectivity index (χ4v) is 2.37. The van der Waals surface area contributed by atoms with Crippen molar-refractivity contribution in [3.63, 3.8) is 0 Å². The minimum absolute atomic E-state index is 0.208. The SMILES string of the molecule is CN1CCc2occ(C(=O)Nc3ccc(C#N)cc3)c2C1=O. The van der Waals surface area contributed by atoms with Gasteiger partial charge in [-0.3, -0.25) is 9.59 Å². The predicted molar refractivity (Wildman–Crippen MR) is 78.5 cm³/mol. The highest BCUT2D eigenvalue weighted by atomic mass is 16.3. The van der Waals surface area contributed by atoms with Gasteiger partial charge in [0, 0.05) is 25.7 Å². The highest BCUT2D eigenvalue weighted by molar-refractivity contribution is 6.12. The third-order valence-corrected chi connectivity index (χ3v) is 3.62. The maximum Gasteiger partial charge on any atom is 0.259 e. The maximum absolute atomic E-state index is 12.3. The van der Waals surface area contributed by atoms with Crippen molar-refractivity contribution < 1.29 is 14.0 Å². The molecular weight excluding hydrogens is 282 g/mol. The third kappa shape index (κ3) is 2.33. The molecule has 2 heterocycles. The number of likely N-dealkylation sites (N-methyl/N-ethyl adjacent to an activating group) is 1. The normalized spacial score (nSPS) is 13.5. The van der Waals surface area contributed by atoms with Crippen LogP contribution in [0.5, 0.6) is 0 Å². The van der Waals surface area contributed by atoms with Gasteiger partial charge in [-0.15, -0.1) is 0 Å². The molecular formula is C16H13N3O3. The number of hydrogen-bond acceptors (Lipinski definition) is 4. The van der Waals surface area contributed by atoms with Gasteiger partial charge in [0.05, 0.1) is 22.8 Å². The first-order chi connectivity index (χ1) is 10.6. The molecule has 0 saturated carbocycles. The standard InChI is InChI=1S/C16H13N3O3/c1-19-7-6-13-14(16(19)21)12(9-22-13)15(20)18-11-4-2-10(8-17)3-5-11/h2-5,9H,6-7H2,1H3,(H,18,20). The van der Waals surface area contributed by atoms with Crippen molar-refractivity contribution in [3.05, 3.63) is 53.0 Å². The summed E-state index contributed by atoms with van der Waals surface area (Å²) < 4.78 is 5.35. The molecule has 6 nitrogen and oxygen atoms in total. The first-order valence-corrected chi connectivity index (χ1v) is 6.77. The number of rotatable bonds is 2. The third-order valence-electron chi connectivity index (χ3n) is 3.62. The summed E-state index contributed by atoms with van der Waals surface area (Å²) in [6, 6.07) is 8.50. The molecule has 0 bridgehead atoms. The van der Waals surface area contributed by atoms with Gasteiger partial charge < -0.3 is 14.6 Å². The molecule has 0 radical (unpaired) electrons. The van der Waals surface area contributed by atoms with Gasteiger partial charge in [0.1, 0.15) is 12.0 Å². The summed E-state index contributed by atoms with van der Waals surface area (Å²) in [5, 5.41) is 11.5. The van der Waals surface area contributed by atoms with Crippen LogP contribution in [0.3, 0.4) is 0 Å². The molecule has 3 rings (SSSR count). The fourth-order valence-electron chi connectivity index (χ4n) is 2.37. The molecule has 0 spiro atoms. The molecule has 6 heteroatoms. The van der Waals surface area contributed by atoms with E-state index in [0.29, 0.717) is 35.5 Å². The van der Waals surface area contributed by atoms with E-state index >= 15 is 0 Å². The number of amides is 2. The zero-order chi connectivity index (χ0) is 15.7. The summed E-state index contributed by atoms with van der Waals surface area (Å²) in [4.78, 5) is 26.1. The lowest BCUT2D eigenvalue weighted by Gasteiger charge is -2.21. The lowest BCUT2D eigenvalue weighted by Crippen LogP contribution is -2.34. The first kappa shape index (κ1) is 13.9. The Bertz CT molecular complexity index is 784. The van der Waals surface area contributed by atoms with Crippen LogP contribution < -0.4 is 5.32 Å². The maximum atomic E-state index is 12.3. The Labute approximate surface area is 126 Å². The van der Waals surface area contributed by atoms with E-state index in [-0.39, 0.29) is 11.5 Å². The van der Waals surface area contributed by atoms with Crippen molar-refractivity contribution in [2.24, 2.45) is 0 Å². The van der Waals surface area contributed by atoms with Crippen LogP contribution in [-0.4, -0.2) is 30.3 Å². The minimum Gasteiger partial charge on any atom is -0.468 e. The van der Waals surface area contributed by atoms with Crippen LogP contribution >= 0.6 is 0 Å². The Hall–Kier alpha value is -3.07. The first-order valence-electron chi connectivity index (χ1n) is 6.77. The van der Waals surface area contributed by atoms with Gasteiger partial charge in [0.25, 0.3) is 11.8 Å². The van der Waals surface area contributed by atoms with Gasteiger partial charge in [-0.05, 0) is 24.3 Å². The topological polar surface area (TPSA) is 86.3 Å². The molecule has 1 N–H and O–H groups in total. The number of nitrogens with one attached hydrogen (secondary N) is 1. The van der Waals surface area contributed by atoms with E-state index in [1.807, 2.05) is 6.07 Å². The number of benzene rings is 1. The Balaban J connectivity index is 1.86. The van der Waals surface area contributed by atoms with Gasteiger partial charge in [-0.25, -0.2) is 0 Å². The number of nitrogens with zero attached hydrogens (tertiary/aromatic N) is 2. The molecule has 1 aromatic carbocycles. The van der Waals surface area contributed by atoms with Crippen molar-refractivity contribution in [1.29, 1.82) is 5.26 Å². The van der Waals surface area contributed by atoms with Gasteiger partial charge >= 0.3 is 0 Å². The number of hydrogen-bond donors (Lipinski definition) is 1. The smallest absolute Gasteiger partial charge is 0.259 e. The van der Waals surface area contributed by atoms with Gasteiger partial charge in [-0.1, -0.05) is 0 Å². The highest BCUT2D eigenvalue weighted by Gasteiger charge is 2.30. The summed E-state index contributed by atoms with van der Waals surface area (Å²) in [6.07, 6.45) is 1.92. The Kier molecular flexibility index (Phi) is 3.39. The minimum atomic E-state index is -0.404. The molecule has 2 aromatic rings. The molecule has 1 aliphatic heterocycles. The van der Waals surface area contributed by atoms with E-state index in [4.69, 9.17) is 9.68 Å². The van der Waals surface area contributed by atoms with Crippen molar-refractivity contribution >= 4 is 17.5 Å². The van der Waals surface area contributed by atoms with Crippen molar-refractivity contribution in [1.82, 2.24) is 4.90 Å². The average Bonchev–Trinajstić information content (AvgIpc) is 2.96. The summed E-state index contributed by atoms with van der Waals surface area (Å²) in [7, 11) is 1.70. The number of carbonyl (C=O) groups excluding carboxylic acids is 2. The second kappa shape index (κ2) is 5.37. The highest BCUT2D eigenvalue weighted by Crippen LogP contribution is 2.24. The molecule has 0 fully saturated rings. The average molecular weight is 295 g/mol. The fraction of sp³-hybridized carbons (Fsp3) is 0.188. The van der Waals surface area contributed by atoms with Crippen LogP contribution in [0.1, 0.15) is 32.0 Å². The molecule has 22 heavy (non-hydrogen) atoms. The molecule has 110 valence electrons. The van der Waals surface area contributed by atoms with Crippen LogP contribution in [0.25, 0.3) is 0 Å². The molecule has 1 aliphatic rings. The number of anilines is 1. The molecule has 0 unspecified atom stereocenters. The molecule has 1 aromatic heterocycles. The quantitative estimate of drug-likeness (QED) is 0.918. The molecule has 2 amide bonds. The van der Waals surface area contributed by atoms with Gasteiger partial charge in [-0.2, -0.15) is 5.26 Å². The van der Waals surface area contributed by atoms with E-state index < -0.39 is 5.91 Å². The van der Waals surface area contributed by atoms with Crippen LogP contribution in [-0.2, 0) is 6.42 Å². The number of nitriles is 1. The van der Waals surface area contributed by atoms with E-state index in [9.17, 15) is 9.59 Å². The zero-order valence-corrected chi connectivity index (χ0v) is 11.9. The second-order valence-electron chi connectivity index (χ2n) is 5.07. The Morgan fingerprint density at radius 1 is 1.36 bits per heavy atom. The summed E-state index contributed by atoms with van der Waals surface area (Å²) >= 11 is 0. The zero-order valence-electron chi connectivity index (χ0n) is 11.9. The Morgan fingerprint density at radius 3 is 2.77 bits per heavy atom. The number of furan rings is 1. The van der Waals surface area contributed by atoms with E-state index in [1.165, 1.54) is 6.26 Å². The van der Waals surface area contributed by atoms with E-state index in [0.717, 1.165) is 0 Å². The van der Waals surface area contributed by atoms with Gasteiger partial charge in [0.2, 0.25) is 0 Å². The second-order valence-corrected chi connectivity index (χ2v) is 5.07. The lowest BCUT2D eigenvalue weighted by molar-refractivity contribution is 0.0770. The van der Waals surface area contributed by atoms with Gasteiger partial charge in [0.15, 0.2) is 0 Å². The van der Waals surface area contributed by atoms with Crippen LogP contribution in [0.4, 0.5) is 5.69 Å². The number of fused-ring (bicyclic) bond motifs is 1. The number of carbonyl (C=O) groups is 2. The molecule has 0 atom stereocenters. The van der Waals surface area contributed by atoms with Crippen molar-refractivity contribution in [2.45, 2.75) is 6.42 Å².